The molecule has 0 saturated heterocycles. The van der Waals surface area contributed by atoms with Crippen molar-refractivity contribution in [3.8, 4) is 0 Å². The van der Waals surface area contributed by atoms with Crippen molar-refractivity contribution in [2.75, 3.05) is 11.1 Å². The fourth-order valence-corrected chi connectivity index (χ4v) is 2.13. The largest absolute Gasteiger partial charge is 0.398 e. The van der Waals surface area contributed by atoms with Gasteiger partial charge in [-0.3, -0.25) is 10.2 Å². The Balaban J connectivity index is 2.15. The molecule has 0 unspecified atom stereocenters. The summed E-state index contributed by atoms with van der Waals surface area (Å²) >= 11 is 0. The predicted molar refractivity (Wildman–Crippen MR) is 85.7 cm³/mol. The van der Waals surface area contributed by atoms with E-state index in [0.717, 1.165) is 12.0 Å². The predicted octanol–water partition coefficient (Wildman–Crippen LogP) is 2.05. The fourth-order valence-electron chi connectivity index (χ4n) is 2.13. The lowest BCUT2D eigenvalue weighted by molar-refractivity contribution is 0.0955. The zero-order valence-electron chi connectivity index (χ0n) is 12.0. The van der Waals surface area contributed by atoms with Crippen molar-refractivity contribution in [1.29, 1.82) is 0 Å². The highest BCUT2D eigenvalue weighted by atomic mass is 16.2. The average molecular weight is 284 g/mol. The van der Waals surface area contributed by atoms with Crippen LogP contribution in [-0.2, 0) is 13.0 Å². The maximum absolute atomic E-state index is 11.8. The molecule has 2 rings (SSSR count). The first-order chi connectivity index (χ1) is 10.2. The summed E-state index contributed by atoms with van der Waals surface area (Å²) in [7, 11) is 0. The summed E-state index contributed by atoms with van der Waals surface area (Å²) in [5.74, 6) is 4.79. The van der Waals surface area contributed by atoms with Crippen LogP contribution in [0.1, 0.15) is 28.4 Å². The molecule has 5 heteroatoms. The molecule has 0 fully saturated rings. The van der Waals surface area contributed by atoms with Crippen molar-refractivity contribution in [2.24, 2.45) is 5.84 Å². The van der Waals surface area contributed by atoms with E-state index in [1.807, 2.05) is 0 Å². The highest BCUT2D eigenvalue weighted by molar-refractivity contribution is 6.04. The van der Waals surface area contributed by atoms with Gasteiger partial charge in [0.05, 0.1) is 5.56 Å². The van der Waals surface area contributed by atoms with E-state index in [1.54, 1.807) is 18.2 Å². The Hall–Kier alpha value is -2.53. The van der Waals surface area contributed by atoms with Gasteiger partial charge in [0.2, 0.25) is 0 Å². The van der Waals surface area contributed by atoms with Crippen molar-refractivity contribution >= 4 is 17.3 Å². The number of carbonyl (C=O) groups excluding carboxylic acids is 1. The van der Waals surface area contributed by atoms with Crippen LogP contribution in [0, 0.1) is 0 Å². The first kappa shape index (κ1) is 14.9. The molecule has 1 amide bonds. The number of amides is 1. The Morgan fingerprint density at radius 2 is 1.76 bits per heavy atom. The molecule has 110 valence electrons. The third kappa shape index (κ3) is 3.52. The number of anilines is 2. The van der Waals surface area contributed by atoms with Gasteiger partial charge in [0, 0.05) is 17.9 Å². The maximum atomic E-state index is 11.8. The first-order valence-electron chi connectivity index (χ1n) is 6.86. The standard InChI is InChI=1S/C16H20N4O/c1-2-11-6-8-12(9-7-11)10-19-14-5-3-4-13(17)15(14)16(21)20-18/h3-9,19H,2,10,17-18H2,1H3,(H,20,21). The van der Waals surface area contributed by atoms with Gasteiger partial charge in [-0.25, -0.2) is 5.84 Å². The van der Waals surface area contributed by atoms with Crippen molar-refractivity contribution < 1.29 is 4.79 Å². The normalized spacial score (nSPS) is 10.2. The van der Waals surface area contributed by atoms with Crippen molar-refractivity contribution in [1.82, 2.24) is 5.43 Å². The quantitative estimate of drug-likeness (QED) is 0.292. The number of hydrazine groups is 1. The maximum Gasteiger partial charge on any atom is 0.269 e. The van der Waals surface area contributed by atoms with Crippen LogP contribution in [-0.4, -0.2) is 5.91 Å². The fraction of sp³-hybridized carbons (Fsp3) is 0.188. The molecule has 2 aromatic rings. The van der Waals surface area contributed by atoms with Gasteiger partial charge in [-0.15, -0.1) is 0 Å². The summed E-state index contributed by atoms with van der Waals surface area (Å²) in [4.78, 5) is 11.8. The van der Waals surface area contributed by atoms with E-state index in [2.05, 4.69) is 41.9 Å². The molecule has 6 N–H and O–H groups in total. The van der Waals surface area contributed by atoms with Gasteiger partial charge in [-0.1, -0.05) is 37.3 Å². The summed E-state index contributed by atoms with van der Waals surface area (Å²) in [6.45, 7) is 2.73. The minimum absolute atomic E-state index is 0.366. The minimum Gasteiger partial charge on any atom is -0.398 e. The van der Waals surface area contributed by atoms with Crippen molar-refractivity contribution in [3.05, 3.63) is 59.2 Å². The number of carbonyl (C=O) groups is 1. The highest BCUT2D eigenvalue weighted by Crippen LogP contribution is 2.22. The van der Waals surface area contributed by atoms with E-state index in [4.69, 9.17) is 11.6 Å². The van der Waals surface area contributed by atoms with E-state index < -0.39 is 5.91 Å². The Bertz CT molecular complexity index is 623. The number of nitrogens with two attached hydrogens (primary N) is 2. The molecule has 21 heavy (non-hydrogen) atoms. The molecular weight excluding hydrogens is 264 g/mol. The van der Waals surface area contributed by atoms with Gasteiger partial charge in [-0.2, -0.15) is 0 Å². The minimum atomic E-state index is -0.406. The number of hydrogen-bond donors (Lipinski definition) is 4. The topological polar surface area (TPSA) is 93.2 Å². The Morgan fingerprint density at radius 1 is 1.10 bits per heavy atom. The third-order valence-electron chi connectivity index (χ3n) is 3.37. The van der Waals surface area contributed by atoms with Crippen LogP contribution < -0.4 is 22.3 Å². The zero-order chi connectivity index (χ0) is 15.2. The van der Waals surface area contributed by atoms with Gasteiger partial charge in [0.25, 0.3) is 5.91 Å². The van der Waals surface area contributed by atoms with Gasteiger partial charge in [-0.05, 0) is 29.7 Å². The van der Waals surface area contributed by atoms with E-state index >= 15 is 0 Å². The van der Waals surface area contributed by atoms with E-state index in [0.29, 0.717) is 23.5 Å². The molecule has 0 radical (unpaired) electrons. The third-order valence-corrected chi connectivity index (χ3v) is 3.37. The molecule has 5 nitrogen and oxygen atoms in total. The molecule has 0 bridgehead atoms. The van der Waals surface area contributed by atoms with Gasteiger partial charge < -0.3 is 11.1 Å². The number of rotatable bonds is 5. The monoisotopic (exact) mass is 284 g/mol. The lowest BCUT2D eigenvalue weighted by Gasteiger charge is -2.13. The summed E-state index contributed by atoms with van der Waals surface area (Å²) < 4.78 is 0. The molecule has 0 aromatic heterocycles. The number of benzene rings is 2. The van der Waals surface area contributed by atoms with Crippen LogP contribution in [0.5, 0.6) is 0 Å². The van der Waals surface area contributed by atoms with Crippen molar-refractivity contribution in [2.45, 2.75) is 19.9 Å². The Morgan fingerprint density at radius 3 is 2.38 bits per heavy atom. The second-order valence-electron chi connectivity index (χ2n) is 4.77. The first-order valence-corrected chi connectivity index (χ1v) is 6.86. The van der Waals surface area contributed by atoms with Crippen LogP contribution >= 0.6 is 0 Å². The molecule has 2 aromatic carbocycles. The molecule has 0 aliphatic carbocycles. The van der Waals surface area contributed by atoms with E-state index in [-0.39, 0.29) is 0 Å². The summed E-state index contributed by atoms with van der Waals surface area (Å²) in [5.41, 5.74) is 11.8. The lowest BCUT2D eigenvalue weighted by atomic mass is 10.1. The van der Waals surface area contributed by atoms with Gasteiger partial charge in [0.1, 0.15) is 0 Å². The summed E-state index contributed by atoms with van der Waals surface area (Å²) in [5, 5.41) is 3.23. The summed E-state index contributed by atoms with van der Waals surface area (Å²) in [6.07, 6.45) is 1.02. The van der Waals surface area contributed by atoms with Crippen LogP contribution in [0.15, 0.2) is 42.5 Å². The summed E-state index contributed by atoms with van der Waals surface area (Å²) in [6, 6.07) is 13.6. The van der Waals surface area contributed by atoms with Crippen LogP contribution in [0.4, 0.5) is 11.4 Å². The molecule has 0 aliphatic rings. The van der Waals surface area contributed by atoms with Crippen LogP contribution in [0.3, 0.4) is 0 Å². The molecular formula is C16H20N4O. The van der Waals surface area contributed by atoms with E-state index in [9.17, 15) is 4.79 Å². The Labute approximate surface area is 124 Å². The second kappa shape index (κ2) is 6.76. The molecule has 0 atom stereocenters. The van der Waals surface area contributed by atoms with Crippen molar-refractivity contribution in [3.63, 3.8) is 0 Å². The number of hydrogen-bond acceptors (Lipinski definition) is 4. The second-order valence-corrected chi connectivity index (χ2v) is 4.77. The number of nitrogens with one attached hydrogen (secondary N) is 2. The van der Waals surface area contributed by atoms with Gasteiger partial charge >= 0.3 is 0 Å². The zero-order valence-corrected chi connectivity index (χ0v) is 12.0. The lowest BCUT2D eigenvalue weighted by Crippen LogP contribution is -2.31. The van der Waals surface area contributed by atoms with Crippen LogP contribution in [0.25, 0.3) is 0 Å². The SMILES string of the molecule is CCc1ccc(CNc2cccc(N)c2C(=O)NN)cc1. The molecule has 0 saturated carbocycles. The average Bonchev–Trinajstić information content (AvgIpc) is 2.52. The molecule has 0 heterocycles. The Kier molecular flexibility index (Phi) is 4.79. The van der Waals surface area contributed by atoms with Gasteiger partial charge in [0.15, 0.2) is 0 Å². The molecule has 0 aliphatic heterocycles. The van der Waals surface area contributed by atoms with E-state index in [1.165, 1.54) is 5.56 Å². The molecule has 0 spiro atoms. The highest BCUT2D eigenvalue weighted by Gasteiger charge is 2.13. The number of aryl methyl sites for hydroxylation is 1. The smallest absolute Gasteiger partial charge is 0.269 e. The number of nitrogen functional groups attached to an aromatic ring is 2. The van der Waals surface area contributed by atoms with Crippen LogP contribution in [0.2, 0.25) is 0 Å².